The van der Waals surface area contributed by atoms with Crippen molar-refractivity contribution in [2.24, 2.45) is 5.41 Å². The average molecular weight is 648 g/mol. The number of carbonyl (C=O) groups is 1. The van der Waals surface area contributed by atoms with Gasteiger partial charge < -0.3 is 24.3 Å². The third kappa shape index (κ3) is 7.04. The van der Waals surface area contributed by atoms with E-state index < -0.39 is 41.0 Å². The molecule has 1 saturated heterocycles. The van der Waals surface area contributed by atoms with Gasteiger partial charge in [-0.3, -0.25) is 4.79 Å². The predicted molar refractivity (Wildman–Crippen MR) is 161 cm³/mol. The fraction of sp³-hybridized carbons (Fsp3) is 0.562. The lowest BCUT2D eigenvalue weighted by molar-refractivity contribution is -0.137. The summed E-state index contributed by atoms with van der Waals surface area (Å²) < 4.78 is 77.2. The first-order valence-corrected chi connectivity index (χ1v) is 15.4. The number of nitrogens with zero attached hydrogens (tertiary/aromatic N) is 7. The number of hydrogen-bond acceptors (Lipinski definition) is 8. The highest BCUT2D eigenvalue weighted by Gasteiger charge is 2.40. The number of alkyl halides is 3. The largest absolute Gasteiger partial charge is 0.463 e. The Kier molecular flexibility index (Phi) is 9.72. The number of rotatable bonds is 9. The van der Waals surface area contributed by atoms with Crippen LogP contribution in [0.15, 0.2) is 30.6 Å². The number of ether oxygens (including phenoxy) is 1. The van der Waals surface area contributed by atoms with Crippen molar-refractivity contribution in [2.75, 3.05) is 63.2 Å². The second-order valence-corrected chi connectivity index (χ2v) is 12.7. The van der Waals surface area contributed by atoms with Crippen molar-refractivity contribution < 1.29 is 31.5 Å². The van der Waals surface area contributed by atoms with Gasteiger partial charge in [-0.1, -0.05) is 19.1 Å². The first-order valence-electron chi connectivity index (χ1n) is 15.4. The van der Waals surface area contributed by atoms with Gasteiger partial charge in [0.1, 0.15) is 11.6 Å². The van der Waals surface area contributed by atoms with E-state index in [2.05, 4.69) is 17.5 Å². The molecule has 1 aliphatic carbocycles. The molecule has 0 spiro atoms. The van der Waals surface area contributed by atoms with Gasteiger partial charge in [-0.2, -0.15) is 28.4 Å². The Bertz CT molecular complexity index is 1500. The zero-order chi connectivity index (χ0) is 33.2. The summed E-state index contributed by atoms with van der Waals surface area (Å²) in [6, 6.07) is 4.39. The minimum Gasteiger partial charge on any atom is -0.463 e. The maximum Gasteiger partial charge on any atom is 0.418 e. The molecule has 2 aliphatic heterocycles. The van der Waals surface area contributed by atoms with Crippen molar-refractivity contribution in [3.05, 3.63) is 53.2 Å². The zero-order valence-electron chi connectivity index (χ0n) is 26.0. The lowest BCUT2D eigenvalue weighted by Gasteiger charge is -2.43. The van der Waals surface area contributed by atoms with Gasteiger partial charge >= 0.3 is 12.2 Å². The molecule has 3 aliphatic rings. The quantitative estimate of drug-likeness (QED) is 0.274. The van der Waals surface area contributed by atoms with Crippen LogP contribution in [0.4, 0.5) is 33.5 Å². The molecule has 9 nitrogen and oxygen atoms in total. The van der Waals surface area contributed by atoms with Crippen molar-refractivity contribution in [1.29, 1.82) is 5.26 Å². The summed E-state index contributed by atoms with van der Waals surface area (Å²) in [4.78, 5) is 28.6. The first-order chi connectivity index (χ1) is 21.8. The molecule has 3 heterocycles. The van der Waals surface area contributed by atoms with Crippen LogP contribution in [0.5, 0.6) is 6.01 Å². The number of hydrogen-bond donors (Lipinski definition) is 0. The molecule has 0 radical (unpaired) electrons. The Labute approximate surface area is 265 Å². The van der Waals surface area contributed by atoms with E-state index in [1.165, 1.54) is 9.80 Å². The molecule has 14 heteroatoms. The number of anilines is 2. The molecule has 5 rings (SSSR count). The van der Waals surface area contributed by atoms with Gasteiger partial charge in [-0.25, -0.2) is 8.78 Å². The summed E-state index contributed by atoms with van der Waals surface area (Å²) in [5.74, 6) is -2.49. The smallest absolute Gasteiger partial charge is 0.418 e. The summed E-state index contributed by atoms with van der Waals surface area (Å²) >= 11 is 0. The third-order valence-corrected chi connectivity index (χ3v) is 9.03. The fourth-order valence-electron chi connectivity index (χ4n) is 6.84. The van der Waals surface area contributed by atoms with Gasteiger partial charge in [0.2, 0.25) is 0 Å². The fourth-order valence-corrected chi connectivity index (χ4v) is 6.84. The first kappa shape index (κ1) is 33.4. The summed E-state index contributed by atoms with van der Waals surface area (Å²) in [5, 5.41) is 9.48. The number of piperazine rings is 1. The normalized spacial score (nSPS) is 19.6. The topological polar surface area (TPSA) is 88.8 Å². The van der Waals surface area contributed by atoms with Crippen molar-refractivity contribution in [3.63, 3.8) is 0 Å². The van der Waals surface area contributed by atoms with Crippen LogP contribution in [0.3, 0.4) is 0 Å². The summed E-state index contributed by atoms with van der Waals surface area (Å²) in [6.07, 6.45) is -1.03. The van der Waals surface area contributed by atoms with Gasteiger partial charge in [-0.15, -0.1) is 0 Å². The van der Waals surface area contributed by atoms with Crippen molar-refractivity contribution >= 4 is 17.4 Å². The van der Waals surface area contributed by atoms with E-state index in [9.17, 15) is 27.6 Å². The molecule has 0 bridgehead atoms. The van der Waals surface area contributed by atoms with Crippen LogP contribution in [-0.2, 0) is 23.9 Å². The molecule has 46 heavy (non-hydrogen) atoms. The van der Waals surface area contributed by atoms with Crippen LogP contribution in [0, 0.1) is 22.6 Å². The predicted octanol–water partition coefficient (Wildman–Crippen LogP) is 5.11. The highest BCUT2D eigenvalue weighted by atomic mass is 19.4. The van der Waals surface area contributed by atoms with Crippen LogP contribution in [0.1, 0.15) is 48.9 Å². The molecular weight excluding hydrogens is 609 g/mol. The highest BCUT2D eigenvalue weighted by Crippen LogP contribution is 2.43. The Balaban J connectivity index is 1.53. The number of benzene rings is 1. The minimum atomic E-state index is -4.76. The Morgan fingerprint density at radius 1 is 1.17 bits per heavy atom. The van der Waals surface area contributed by atoms with Crippen LogP contribution < -0.4 is 14.5 Å². The van der Waals surface area contributed by atoms with Crippen LogP contribution in [0.2, 0.25) is 0 Å². The van der Waals surface area contributed by atoms with Gasteiger partial charge in [0.25, 0.3) is 5.91 Å². The monoisotopic (exact) mass is 647 g/mol. The van der Waals surface area contributed by atoms with E-state index in [1.54, 1.807) is 0 Å². The SMILES string of the molecule is C=C(F)C(=O)N1CCN(c2nc(OCC3(CN(C)C)CCC3)nc3c2CCCN(c2c(F)cccc2C(F)(F)F)C3)C[C@@H]1CC#N. The third-order valence-electron chi connectivity index (χ3n) is 9.03. The minimum absolute atomic E-state index is 0.0534. The average Bonchev–Trinajstić information content (AvgIpc) is 3.19. The number of aromatic nitrogens is 2. The molecular formula is C32H38F5N7O2. The van der Waals surface area contributed by atoms with Crippen LogP contribution >= 0.6 is 0 Å². The molecule has 1 saturated carbocycles. The van der Waals surface area contributed by atoms with Gasteiger partial charge in [0.05, 0.1) is 48.6 Å². The second kappa shape index (κ2) is 13.4. The van der Waals surface area contributed by atoms with Crippen molar-refractivity contribution in [1.82, 2.24) is 19.8 Å². The highest BCUT2D eigenvalue weighted by molar-refractivity contribution is 5.91. The molecule has 2 fully saturated rings. The van der Waals surface area contributed by atoms with Crippen LogP contribution in [0.25, 0.3) is 0 Å². The Morgan fingerprint density at radius 2 is 1.93 bits per heavy atom. The number of fused-ring (bicyclic) bond motifs is 1. The number of amides is 1. The maximum absolute atomic E-state index is 15.1. The van der Waals surface area contributed by atoms with E-state index in [0.717, 1.165) is 44.0 Å². The molecule has 248 valence electrons. The van der Waals surface area contributed by atoms with E-state index in [-0.39, 0.29) is 50.6 Å². The Hall–Kier alpha value is -3.99. The molecule has 0 unspecified atom stereocenters. The number of carbonyl (C=O) groups excluding carboxylic acids is 1. The maximum atomic E-state index is 15.1. The summed E-state index contributed by atoms with van der Waals surface area (Å²) in [6.45, 7) is 4.80. The van der Waals surface area contributed by atoms with Gasteiger partial charge in [-0.05, 0) is 51.9 Å². The van der Waals surface area contributed by atoms with E-state index in [1.807, 2.05) is 19.0 Å². The molecule has 1 aromatic carbocycles. The van der Waals surface area contributed by atoms with Crippen molar-refractivity contribution in [3.8, 4) is 12.1 Å². The van der Waals surface area contributed by atoms with Crippen LogP contribution in [-0.4, -0.2) is 85.1 Å². The Morgan fingerprint density at radius 3 is 2.57 bits per heavy atom. The van der Waals surface area contributed by atoms with E-state index in [0.29, 0.717) is 36.5 Å². The number of halogens is 5. The lowest BCUT2D eigenvalue weighted by atomic mass is 9.69. The van der Waals surface area contributed by atoms with Gasteiger partial charge in [0, 0.05) is 43.7 Å². The summed E-state index contributed by atoms with van der Waals surface area (Å²) in [5.41, 5.74) is -0.586. The molecule has 1 amide bonds. The lowest BCUT2D eigenvalue weighted by Crippen LogP contribution is -2.55. The molecule has 1 aromatic heterocycles. The second-order valence-electron chi connectivity index (χ2n) is 12.7. The standard InChI is InChI=1S/C32H38F5N7O2/c1-21(33)29(45)44-16-15-43(17-22(44)10-13-38)28-23-7-5-14-42(27-24(32(35,36)37)8-4-9-25(27)34)18-26(23)39-30(40-28)46-20-31(11-6-12-31)19-41(2)3/h4,8-9,22H,1,5-7,10-12,14-20H2,2-3H3/t22-/m0/s1. The van der Waals surface area contributed by atoms with E-state index >= 15 is 4.39 Å². The summed E-state index contributed by atoms with van der Waals surface area (Å²) in [7, 11) is 3.98. The van der Waals surface area contributed by atoms with Gasteiger partial charge in [0.15, 0.2) is 5.83 Å². The molecule has 1 atom stereocenters. The molecule has 2 aromatic rings. The van der Waals surface area contributed by atoms with E-state index in [4.69, 9.17) is 14.7 Å². The van der Waals surface area contributed by atoms with Crippen molar-refractivity contribution in [2.45, 2.75) is 57.3 Å². The molecule has 0 N–H and O–H groups in total. The number of nitriles is 1. The zero-order valence-corrected chi connectivity index (χ0v) is 26.0. The number of para-hydroxylation sites is 1.